The Morgan fingerprint density at radius 1 is 1.61 bits per heavy atom. The van der Waals surface area contributed by atoms with E-state index in [1.165, 1.54) is 0 Å². The number of anilines is 1. The van der Waals surface area contributed by atoms with Crippen LogP contribution in [0.15, 0.2) is 6.07 Å². The van der Waals surface area contributed by atoms with Crippen LogP contribution in [0.1, 0.15) is 30.3 Å². The standard InChI is InChI=1S/C11H13ClF2N2O2/c1-2-18-9(17)4-7-10(15)6(5-12)3-8(16-7)11(13)14/h3,11H,2,4-5,15H2,1H3. The van der Waals surface area contributed by atoms with E-state index < -0.39 is 18.1 Å². The first-order chi connectivity index (χ1) is 8.49. The van der Waals surface area contributed by atoms with Gasteiger partial charge in [0.2, 0.25) is 0 Å². The van der Waals surface area contributed by atoms with Gasteiger partial charge in [-0.15, -0.1) is 11.6 Å². The number of carbonyl (C=O) groups excluding carboxylic acids is 1. The van der Waals surface area contributed by atoms with Crippen molar-refractivity contribution in [2.24, 2.45) is 0 Å². The smallest absolute Gasteiger partial charge is 0.311 e. The maximum atomic E-state index is 12.6. The number of hydrogen-bond donors (Lipinski definition) is 1. The van der Waals surface area contributed by atoms with E-state index in [0.29, 0.717) is 5.56 Å². The van der Waals surface area contributed by atoms with Crippen LogP contribution in [0.3, 0.4) is 0 Å². The van der Waals surface area contributed by atoms with Crippen LogP contribution in [0, 0.1) is 0 Å². The summed E-state index contributed by atoms with van der Waals surface area (Å²) in [6, 6.07) is 1.14. The van der Waals surface area contributed by atoms with E-state index in [2.05, 4.69) is 4.98 Å². The van der Waals surface area contributed by atoms with E-state index in [0.717, 1.165) is 6.07 Å². The van der Waals surface area contributed by atoms with Gasteiger partial charge in [-0.1, -0.05) is 0 Å². The summed E-state index contributed by atoms with van der Waals surface area (Å²) in [5.41, 5.74) is 5.82. The van der Waals surface area contributed by atoms with Crippen molar-refractivity contribution in [2.75, 3.05) is 12.3 Å². The second-order valence-electron chi connectivity index (χ2n) is 3.48. The summed E-state index contributed by atoms with van der Waals surface area (Å²) in [6.45, 7) is 1.85. The van der Waals surface area contributed by atoms with Crippen LogP contribution in [0.2, 0.25) is 0 Å². The summed E-state index contributed by atoms with van der Waals surface area (Å²) in [4.78, 5) is 15.0. The van der Waals surface area contributed by atoms with E-state index in [4.69, 9.17) is 22.1 Å². The summed E-state index contributed by atoms with van der Waals surface area (Å²) in [6.07, 6.45) is -2.99. The number of rotatable bonds is 5. The van der Waals surface area contributed by atoms with E-state index in [9.17, 15) is 13.6 Å². The summed E-state index contributed by atoms with van der Waals surface area (Å²) in [5.74, 6) is -0.590. The number of hydrogen-bond acceptors (Lipinski definition) is 4. The molecule has 0 bridgehead atoms. The molecule has 1 aromatic heterocycles. The second-order valence-corrected chi connectivity index (χ2v) is 3.75. The van der Waals surface area contributed by atoms with Gasteiger partial charge in [-0.3, -0.25) is 4.79 Å². The van der Waals surface area contributed by atoms with Gasteiger partial charge in [-0.25, -0.2) is 13.8 Å². The van der Waals surface area contributed by atoms with E-state index >= 15 is 0 Å². The highest BCUT2D eigenvalue weighted by molar-refractivity contribution is 6.17. The van der Waals surface area contributed by atoms with Gasteiger partial charge in [0.15, 0.2) is 0 Å². The van der Waals surface area contributed by atoms with Gasteiger partial charge in [0.1, 0.15) is 5.69 Å². The zero-order valence-corrected chi connectivity index (χ0v) is 10.5. The van der Waals surface area contributed by atoms with E-state index in [-0.39, 0.29) is 30.3 Å². The highest BCUT2D eigenvalue weighted by atomic mass is 35.5. The minimum absolute atomic E-state index is 0.0239. The number of aromatic nitrogens is 1. The topological polar surface area (TPSA) is 65.2 Å². The zero-order chi connectivity index (χ0) is 13.7. The molecule has 0 amide bonds. The predicted octanol–water partition coefficient (Wildman–Crippen LogP) is 2.45. The SMILES string of the molecule is CCOC(=O)Cc1nc(C(F)F)cc(CCl)c1N. The quantitative estimate of drug-likeness (QED) is 0.664. The molecule has 1 rings (SSSR count). The number of esters is 1. The number of alkyl halides is 3. The van der Waals surface area contributed by atoms with Gasteiger partial charge in [0.25, 0.3) is 6.43 Å². The third-order valence-corrected chi connectivity index (χ3v) is 2.52. The van der Waals surface area contributed by atoms with Crippen LogP contribution >= 0.6 is 11.6 Å². The average molecular weight is 279 g/mol. The molecule has 0 unspecified atom stereocenters. The number of carbonyl (C=O) groups is 1. The van der Waals surface area contributed by atoms with Crippen LogP contribution in [0.25, 0.3) is 0 Å². The molecule has 0 atom stereocenters. The van der Waals surface area contributed by atoms with Gasteiger partial charge < -0.3 is 10.5 Å². The van der Waals surface area contributed by atoms with Gasteiger partial charge in [-0.2, -0.15) is 0 Å². The molecule has 0 spiro atoms. The van der Waals surface area contributed by atoms with Crippen molar-refractivity contribution in [3.63, 3.8) is 0 Å². The maximum absolute atomic E-state index is 12.6. The molecule has 0 aliphatic carbocycles. The first-order valence-electron chi connectivity index (χ1n) is 5.27. The third-order valence-electron chi connectivity index (χ3n) is 2.23. The van der Waals surface area contributed by atoms with Crippen molar-refractivity contribution in [1.29, 1.82) is 0 Å². The molecule has 18 heavy (non-hydrogen) atoms. The Hall–Kier alpha value is -1.43. The summed E-state index contributed by atoms with van der Waals surface area (Å²) in [7, 11) is 0. The molecule has 0 aromatic carbocycles. The first-order valence-corrected chi connectivity index (χ1v) is 5.80. The molecule has 7 heteroatoms. The summed E-state index contributed by atoms with van der Waals surface area (Å²) < 4.78 is 30.0. The fraction of sp³-hybridized carbons (Fsp3) is 0.455. The number of nitrogens with zero attached hydrogens (tertiary/aromatic N) is 1. The fourth-order valence-corrected chi connectivity index (χ4v) is 1.62. The number of pyridine rings is 1. The molecule has 1 aromatic rings. The maximum Gasteiger partial charge on any atom is 0.311 e. The molecular formula is C11H13ClF2N2O2. The monoisotopic (exact) mass is 278 g/mol. The number of halogens is 3. The largest absolute Gasteiger partial charge is 0.466 e. The highest BCUT2D eigenvalue weighted by Crippen LogP contribution is 2.25. The molecule has 0 saturated heterocycles. The molecule has 1 heterocycles. The molecule has 100 valence electrons. The Labute approximate surface area is 108 Å². The first kappa shape index (κ1) is 14.6. The van der Waals surface area contributed by atoms with E-state index in [1.807, 2.05) is 0 Å². The van der Waals surface area contributed by atoms with Crippen molar-refractivity contribution < 1.29 is 18.3 Å². The molecule has 0 aliphatic heterocycles. The molecule has 2 N–H and O–H groups in total. The molecular weight excluding hydrogens is 266 g/mol. The minimum atomic E-state index is -2.74. The van der Waals surface area contributed by atoms with Crippen molar-refractivity contribution in [2.45, 2.75) is 25.7 Å². The Balaban J connectivity index is 3.08. The summed E-state index contributed by atoms with van der Waals surface area (Å²) >= 11 is 5.61. The predicted molar refractivity (Wildman–Crippen MR) is 63.5 cm³/mol. The van der Waals surface area contributed by atoms with Crippen molar-refractivity contribution in [3.8, 4) is 0 Å². The molecule has 0 fully saturated rings. The van der Waals surface area contributed by atoms with Crippen molar-refractivity contribution >= 4 is 23.3 Å². The van der Waals surface area contributed by atoms with Crippen LogP contribution in [0.5, 0.6) is 0 Å². The minimum Gasteiger partial charge on any atom is -0.466 e. The average Bonchev–Trinajstić information content (AvgIpc) is 2.31. The van der Waals surface area contributed by atoms with E-state index in [1.54, 1.807) is 6.92 Å². The second kappa shape index (κ2) is 6.49. The van der Waals surface area contributed by atoms with Crippen LogP contribution in [-0.2, 0) is 21.8 Å². The molecule has 0 radical (unpaired) electrons. The van der Waals surface area contributed by atoms with Crippen molar-refractivity contribution in [1.82, 2.24) is 4.98 Å². The Kier molecular flexibility index (Phi) is 5.27. The number of ether oxygens (including phenoxy) is 1. The van der Waals surface area contributed by atoms with Gasteiger partial charge >= 0.3 is 5.97 Å². The molecule has 0 saturated carbocycles. The van der Waals surface area contributed by atoms with Gasteiger partial charge in [0.05, 0.1) is 24.4 Å². The van der Waals surface area contributed by atoms with Crippen LogP contribution in [0.4, 0.5) is 14.5 Å². The van der Waals surface area contributed by atoms with Gasteiger partial charge in [-0.05, 0) is 18.6 Å². The normalized spacial score (nSPS) is 10.7. The van der Waals surface area contributed by atoms with Crippen LogP contribution in [-0.4, -0.2) is 17.6 Å². The highest BCUT2D eigenvalue weighted by Gasteiger charge is 2.17. The lowest BCUT2D eigenvalue weighted by atomic mass is 10.1. The lowest BCUT2D eigenvalue weighted by molar-refractivity contribution is -0.142. The van der Waals surface area contributed by atoms with Gasteiger partial charge in [0, 0.05) is 5.88 Å². The molecule has 4 nitrogen and oxygen atoms in total. The Morgan fingerprint density at radius 2 is 2.28 bits per heavy atom. The zero-order valence-electron chi connectivity index (χ0n) is 9.75. The van der Waals surface area contributed by atoms with Crippen molar-refractivity contribution in [3.05, 3.63) is 23.0 Å². The Morgan fingerprint density at radius 3 is 2.78 bits per heavy atom. The number of nitrogens with two attached hydrogens (primary N) is 1. The Bertz CT molecular complexity index is 441. The molecule has 0 aliphatic rings. The summed E-state index contributed by atoms with van der Waals surface area (Å²) in [5, 5.41) is 0. The lowest BCUT2D eigenvalue weighted by Gasteiger charge is -2.11. The third kappa shape index (κ3) is 3.53. The number of nitrogen functional groups attached to an aromatic ring is 1. The fourth-order valence-electron chi connectivity index (χ4n) is 1.40. The van der Waals surface area contributed by atoms with Crippen LogP contribution < -0.4 is 5.73 Å². The lowest BCUT2D eigenvalue weighted by Crippen LogP contribution is -2.13.